The third kappa shape index (κ3) is 2.98. The fourth-order valence-corrected chi connectivity index (χ4v) is 1.68. The molecule has 0 radical (unpaired) electrons. The van der Waals surface area contributed by atoms with Gasteiger partial charge >= 0.3 is 5.97 Å². The molecule has 1 amide bonds. The second kappa shape index (κ2) is 5.34. The van der Waals surface area contributed by atoms with Crippen LogP contribution in [0.15, 0.2) is 43.0 Å². The van der Waals surface area contributed by atoms with Gasteiger partial charge in [0.2, 0.25) is 0 Å². The van der Waals surface area contributed by atoms with Crippen LogP contribution in [0.2, 0.25) is 0 Å². The minimum atomic E-state index is -1.04. The van der Waals surface area contributed by atoms with Gasteiger partial charge in [0.15, 0.2) is 0 Å². The number of carboxylic acids is 1. The number of aromatic nitrogens is 2. The first-order chi connectivity index (χ1) is 9.08. The number of hydrogen-bond acceptors (Lipinski definition) is 3. The molecule has 0 unspecified atom stereocenters. The maximum atomic E-state index is 11.9. The van der Waals surface area contributed by atoms with Crippen molar-refractivity contribution in [2.45, 2.75) is 0 Å². The molecular formula is C13H13N3O3. The number of carbonyl (C=O) groups excluding carboxylic acids is 1. The van der Waals surface area contributed by atoms with E-state index in [9.17, 15) is 9.59 Å². The van der Waals surface area contributed by atoms with Crippen molar-refractivity contribution in [1.29, 1.82) is 0 Å². The summed E-state index contributed by atoms with van der Waals surface area (Å²) in [6.45, 7) is -0.317. The second-order valence-corrected chi connectivity index (χ2v) is 4.07. The Morgan fingerprint density at radius 3 is 2.53 bits per heavy atom. The zero-order chi connectivity index (χ0) is 13.8. The maximum Gasteiger partial charge on any atom is 0.323 e. The highest BCUT2D eigenvalue weighted by molar-refractivity contribution is 5.95. The van der Waals surface area contributed by atoms with Gasteiger partial charge in [-0.2, -0.15) is 0 Å². The van der Waals surface area contributed by atoms with Crippen molar-refractivity contribution in [3.8, 4) is 5.69 Å². The number of likely N-dealkylation sites (N-methyl/N-ethyl adjacent to an activating group) is 1. The fourth-order valence-electron chi connectivity index (χ4n) is 1.68. The van der Waals surface area contributed by atoms with E-state index in [-0.39, 0.29) is 12.5 Å². The third-order valence-corrected chi connectivity index (χ3v) is 2.64. The summed E-state index contributed by atoms with van der Waals surface area (Å²) in [5.41, 5.74) is 1.34. The molecule has 0 aliphatic carbocycles. The van der Waals surface area contributed by atoms with Crippen LogP contribution in [-0.2, 0) is 4.79 Å². The van der Waals surface area contributed by atoms with Crippen LogP contribution in [0.1, 0.15) is 10.4 Å². The average Bonchev–Trinajstić information content (AvgIpc) is 2.91. The Kier molecular flexibility index (Phi) is 3.61. The molecule has 1 aromatic carbocycles. The molecule has 1 heterocycles. The number of imidazole rings is 1. The average molecular weight is 259 g/mol. The van der Waals surface area contributed by atoms with Crippen LogP contribution < -0.4 is 0 Å². The summed E-state index contributed by atoms with van der Waals surface area (Å²) in [4.78, 5) is 27.6. The van der Waals surface area contributed by atoms with Gasteiger partial charge in [-0.3, -0.25) is 9.59 Å². The molecule has 1 aromatic heterocycles. The van der Waals surface area contributed by atoms with Crippen molar-refractivity contribution in [3.05, 3.63) is 48.5 Å². The first-order valence-electron chi connectivity index (χ1n) is 5.63. The van der Waals surface area contributed by atoms with E-state index in [1.807, 2.05) is 4.57 Å². The molecule has 19 heavy (non-hydrogen) atoms. The highest BCUT2D eigenvalue weighted by atomic mass is 16.4. The van der Waals surface area contributed by atoms with Crippen molar-refractivity contribution >= 4 is 11.9 Å². The van der Waals surface area contributed by atoms with Crippen LogP contribution in [0.25, 0.3) is 5.69 Å². The number of aliphatic carboxylic acids is 1. The largest absolute Gasteiger partial charge is 0.480 e. The Morgan fingerprint density at radius 1 is 1.32 bits per heavy atom. The zero-order valence-corrected chi connectivity index (χ0v) is 10.4. The van der Waals surface area contributed by atoms with Crippen molar-refractivity contribution in [2.75, 3.05) is 13.6 Å². The van der Waals surface area contributed by atoms with E-state index < -0.39 is 5.97 Å². The molecule has 0 aliphatic rings. The van der Waals surface area contributed by atoms with Gasteiger partial charge in [-0.05, 0) is 24.3 Å². The minimum Gasteiger partial charge on any atom is -0.480 e. The smallest absolute Gasteiger partial charge is 0.323 e. The molecule has 2 aromatic rings. The van der Waals surface area contributed by atoms with E-state index in [2.05, 4.69) is 4.98 Å². The molecule has 98 valence electrons. The first-order valence-corrected chi connectivity index (χ1v) is 5.63. The van der Waals surface area contributed by atoms with Gasteiger partial charge in [-0.15, -0.1) is 0 Å². The van der Waals surface area contributed by atoms with E-state index in [0.29, 0.717) is 5.56 Å². The van der Waals surface area contributed by atoms with E-state index >= 15 is 0 Å². The number of hydrogen-bond donors (Lipinski definition) is 1. The van der Waals surface area contributed by atoms with Crippen LogP contribution in [0.3, 0.4) is 0 Å². The van der Waals surface area contributed by atoms with Crippen molar-refractivity contribution < 1.29 is 14.7 Å². The summed E-state index contributed by atoms with van der Waals surface area (Å²) < 4.78 is 1.81. The molecule has 2 rings (SSSR count). The zero-order valence-electron chi connectivity index (χ0n) is 10.4. The number of rotatable bonds is 4. The lowest BCUT2D eigenvalue weighted by molar-refractivity contribution is -0.137. The maximum absolute atomic E-state index is 11.9. The molecule has 0 fully saturated rings. The topological polar surface area (TPSA) is 75.4 Å². The summed E-state index contributed by atoms with van der Waals surface area (Å²) in [5.74, 6) is -1.36. The Bertz CT molecular complexity index is 576. The van der Waals surface area contributed by atoms with E-state index in [4.69, 9.17) is 5.11 Å². The molecule has 0 atom stereocenters. The SMILES string of the molecule is CN(CC(=O)O)C(=O)c1ccc(-n2ccnc2)cc1. The molecule has 0 aliphatic heterocycles. The Morgan fingerprint density at radius 2 is 2.00 bits per heavy atom. The summed E-state index contributed by atoms with van der Waals surface area (Å²) in [5, 5.41) is 8.64. The Balaban J connectivity index is 2.14. The molecule has 6 nitrogen and oxygen atoms in total. The van der Waals surface area contributed by atoms with Gasteiger partial charge in [-0.1, -0.05) is 0 Å². The Hall–Kier alpha value is -2.63. The number of carbonyl (C=O) groups is 2. The van der Waals surface area contributed by atoms with Gasteiger partial charge in [0.1, 0.15) is 6.54 Å². The van der Waals surface area contributed by atoms with Crippen LogP contribution in [-0.4, -0.2) is 45.0 Å². The summed E-state index contributed by atoms with van der Waals surface area (Å²) in [6.07, 6.45) is 5.13. The van der Waals surface area contributed by atoms with Gasteiger partial charge in [0.25, 0.3) is 5.91 Å². The molecule has 0 saturated carbocycles. The predicted molar refractivity (Wildman–Crippen MR) is 68.2 cm³/mol. The number of nitrogens with zero attached hydrogens (tertiary/aromatic N) is 3. The fraction of sp³-hybridized carbons (Fsp3) is 0.154. The van der Waals surface area contributed by atoms with Crippen molar-refractivity contribution in [2.24, 2.45) is 0 Å². The summed E-state index contributed by atoms with van der Waals surface area (Å²) in [7, 11) is 1.46. The number of benzene rings is 1. The van der Waals surface area contributed by atoms with Crippen LogP contribution in [0.4, 0.5) is 0 Å². The quantitative estimate of drug-likeness (QED) is 0.889. The highest BCUT2D eigenvalue weighted by Crippen LogP contribution is 2.10. The first kappa shape index (κ1) is 12.8. The summed E-state index contributed by atoms with van der Waals surface area (Å²) in [6, 6.07) is 6.89. The monoisotopic (exact) mass is 259 g/mol. The molecule has 0 saturated heterocycles. The number of amides is 1. The minimum absolute atomic E-state index is 0.317. The standard InChI is InChI=1S/C13H13N3O3/c1-15(8-12(17)18)13(19)10-2-4-11(5-3-10)16-7-6-14-9-16/h2-7,9H,8H2,1H3,(H,17,18). The molecule has 0 bridgehead atoms. The Labute approximate surface area is 109 Å². The normalized spacial score (nSPS) is 10.2. The van der Waals surface area contributed by atoms with Gasteiger partial charge in [-0.25, -0.2) is 4.98 Å². The molecule has 1 N–H and O–H groups in total. The lowest BCUT2D eigenvalue weighted by Crippen LogP contribution is -2.31. The third-order valence-electron chi connectivity index (χ3n) is 2.64. The lowest BCUT2D eigenvalue weighted by Gasteiger charge is -2.14. The number of carboxylic acid groups (broad SMARTS) is 1. The van der Waals surface area contributed by atoms with E-state index in [1.165, 1.54) is 7.05 Å². The van der Waals surface area contributed by atoms with Gasteiger partial charge in [0, 0.05) is 30.7 Å². The van der Waals surface area contributed by atoms with E-state index in [1.54, 1.807) is 43.0 Å². The highest BCUT2D eigenvalue weighted by Gasteiger charge is 2.14. The second-order valence-electron chi connectivity index (χ2n) is 4.07. The molecular weight excluding hydrogens is 246 g/mol. The molecule has 0 spiro atoms. The lowest BCUT2D eigenvalue weighted by atomic mass is 10.2. The van der Waals surface area contributed by atoms with Crippen molar-refractivity contribution in [1.82, 2.24) is 14.5 Å². The van der Waals surface area contributed by atoms with Crippen LogP contribution >= 0.6 is 0 Å². The van der Waals surface area contributed by atoms with Gasteiger partial charge < -0.3 is 14.6 Å². The van der Waals surface area contributed by atoms with Crippen LogP contribution in [0, 0.1) is 0 Å². The van der Waals surface area contributed by atoms with Gasteiger partial charge in [0.05, 0.1) is 6.33 Å². The molecule has 6 heteroatoms. The van der Waals surface area contributed by atoms with Crippen molar-refractivity contribution in [3.63, 3.8) is 0 Å². The summed E-state index contributed by atoms with van der Waals surface area (Å²) >= 11 is 0. The predicted octanol–water partition coefficient (Wildman–Crippen LogP) is 1.03. The van der Waals surface area contributed by atoms with E-state index in [0.717, 1.165) is 10.6 Å². The van der Waals surface area contributed by atoms with Crippen LogP contribution in [0.5, 0.6) is 0 Å².